The molecule has 2 aromatic heterocycles. The third-order valence-electron chi connectivity index (χ3n) is 5.44. The van der Waals surface area contributed by atoms with Gasteiger partial charge in [-0.15, -0.1) is 0 Å². The van der Waals surface area contributed by atoms with E-state index in [0.29, 0.717) is 5.75 Å². The molecule has 10 heteroatoms. The first-order valence-corrected chi connectivity index (χ1v) is 10.7. The molecular weight excluding hydrogens is 436 g/mol. The lowest BCUT2D eigenvalue weighted by Crippen LogP contribution is -2.38. The molecule has 4 rings (SSSR count). The Kier molecular flexibility index (Phi) is 6.60. The number of nitrogens with zero attached hydrogens (tertiary/aromatic N) is 5. The van der Waals surface area contributed by atoms with Crippen LogP contribution >= 0.6 is 0 Å². The van der Waals surface area contributed by atoms with Crippen molar-refractivity contribution in [1.29, 1.82) is 0 Å². The van der Waals surface area contributed by atoms with E-state index in [0.717, 1.165) is 15.7 Å². The summed E-state index contributed by atoms with van der Waals surface area (Å²) in [5, 5.41) is 14.9. The maximum atomic E-state index is 12.9. The summed E-state index contributed by atoms with van der Waals surface area (Å²) in [5.74, 6) is 0.886. The molecule has 1 atom stereocenters. The number of anilines is 1. The molecule has 0 aliphatic heterocycles. The van der Waals surface area contributed by atoms with E-state index < -0.39 is 17.4 Å². The highest BCUT2D eigenvalue weighted by Crippen LogP contribution is 2.19. The van der Waals surface area contributed by atoms with Crippen LogP contribution in [0.2, 0.25) is 0 Å². The molecule has 0 unspecified atom stereocenters. The first kappa shape index (κ1) is 23.0. The van der Waals surface area contributed by atoms with Crippen molar-refractivity contribution in [2.24, 2.45) is 19.2 Å². The molecular formula is C24H26N6O4. The lowest BCUT2D eigenvalue weighted by atomic mass is 10.2. The molecule has 0 aliphatic rings. The topological polar surface area (TPSA) is 116 Å². The number of imidazole rings is 1. The number of hydrogen-bond donors (Lipinski definition) is 2. The van der Waals surface area contributed by atoms with Crippen LogP contribution in [0.15, 0.2) is 69.3 Å². The van der Waals surface area contributed by atoms with Crippen LogP contribution in [-0.4, -0.2) is 42.7 Å². The maximum absolute atomic E-state index is 12.9. The molecule has 0 saturated heterocycles. The average molecular weight is 463 g/mol. The summed E-state index contributed by atoms with van der Waals surface area (Å²) < 4.78 is 9.58. The van der Waals surface area contributed by atoms with Gasteiger partial charge < -0.3 is 14.4 Å². The summed E-state index contributed by atoms with van der Waals surface area (Å²) in [7, 11) is 2.94. The van der Waals surface area contributed by atoms with Crippen molar-refractivity contribution in [3.63, 3.8) is 0 Å². The minimum atomic E-state index is -0.961. The Labute approximate surface area is 195 Å². The highest BCUT2D eigenvalue weighted by molar-refractivity contribution is 5.80. The molecule has 10 nitrogen and oxygen atoms in total. The van der Waals surface area contributed by atoms with Crippen molar-refractivity contribution in [2.45, 2.75) is 19.6 Å². The van der Waals surface area contributed by atoms with Crippen molar-refractivity contribution < 1.29 is 9.84 Å². The van der Waals surface area contributed by atoms with Crippen LogP contribution in [0.1, 0.15) is 11.1 Å². The quantitative estimate of drug-likeness (QED) is 0.304. The average Bonchev–Trinajstić information content (AvgIpc) is 3.19. The summed E-state index contributed by atoms with van der Waals surface area (Å²) in [4.78, 5) is 29.8. The fraction of sp³-hybridized carbons (Fsp3) is 0.250. The molecule has 0 radical (unpaired) electrons. The molecule has 0 amide bonds. The number of para-hydroxylation sites is 1. The summed E-state index contributed by atoms with van der Waals surface area (Å²) >= 11 is 0. The molecule has 176 valence electrons. The number of aryl methyl sites for hydroxylation is 2. The van der Waals surface area contributed by atoms with Crippen molar-refractivity contribution in [2.75, 3.05) is 12.0 Å². The number of fused-ring (bicyclic) bond motifs is 1. The van der Waals surface area contributed by atoms with Crippen molar-refractivity contribution in [3.8, 4) is 5.75 Å². The second kappa shape index (κ2) is 9.75. The van der Waals surface area contributed by atoms with E-state index in [2.05, 4.69) is 15.5 Å². The fourth-order valence-corrected chi connectivity index (χ4v) is 3.58. The normalized spacial score (nSPS) is 12.4. The lowest BCUT2D eigenvalue weighted by molar-refractivity contribution is 0.0935. The second-order valence-electron chi connectivity index (χ2n) is 7.94. The van der Waals surface area contributed by atoms with Crippen LogP contribution < -0.4 is 21.4 Å². The minimum absolute atomic E-state index is 0.000977. The first-order chi connectivity index (χ1) is 16.4. The molecule has 4 aromatic rings. The number of hydrogen-bond acceptors (Lipinski definition) is 7. The second-order valence-corrected chi connectivity index (χ2v) is 7.94. The molecule has 34 heavy (non-hydrogen) atoms. The third-order valence-corrected chi connectivity index (χ3v) is 5.44. The zero-order valence-electron chi connectivity index (χ0n) is 19.2. The van der Waals surface area contributed by atoms with Crippen LogP contribution in [0.3, 0.4) is 0 Å². The SMILES string of the molecule is Cc1ccccc1OC[C@H](O)Cn1c(N/N=C/c2ccccc2)nc2c1c(=O)n(C)c(=O)n2C. The zero-order chi connectivity index (χ0) is 24.2. The number of aliphatic hydroxyl groups is 1. The molecule has 0 saturated carbocycles. The standard InChI is InChI=1S/C24H26N6O4/c1-16-9-7-8-12-19(16)34-15-18(31)14-30-20-21(28(2)24(33)29(3)22(20)32)26-23(30)27-25-13-17-10-5-4-6-11-17/h4-13,18,31H,14-15H2,1-3H3,(H,26,27)/b25-13+/t18-/m1/s1. The Balaban J connectivity index is 1.67. The summed E-state index contributed by atoms with van der Waals surface area (Å²) in [5.41, 5.74) is 4.01. The zero-order valence-corrected chi connectivity index (χ0v) is 19.2. The maximum Gasteiger partial charge on any atom is 0.332 e. The number of benzene rings is 2. The van der Waals surface area contributed by atoms with Gasteiger partial charge in [-0.05, 0) is 24.1 Å². The van der Waals surface area contributed by atoms with Gasteiger partial charge in [-0.25, -0.2) is 10.2 Å². The Hall–Kier alpha value is -4.18. The Morgan fingerprint density at radius 1 is 1.09 bits per heavy atom. The van der Waals surface area contributed by atoms with E-state index in [1.807, 2.05) is 61.5 Å². The van der Waals surface area contributed by atoms with E-state index in [-0.39, 0.29) is 30.3 Å². The van der Waals surface area contributed by atoms with Crippen LogP contribution in [0.25, 0.3) is 11.2 Å². The van der Waals surface area contributed by atoms with Gasteiger partial charge in [-0.2, -0.15) is 10.1 Å². The molecule has 0 aliphatic carbocycles. The van der Waals surface area contributed by atoms with E-state index in [4.69, 9.17) is 4.74 Å². The van der Waals surface area contributed by atoms with Crippen molar-refractivity contribution in [1.82, 2.24) is 18.7 Å². The predicted octanol–water partition coefficient (Wildman–Crippen LogP) is 1.63. The molecule has 0 bridgehead atoms. The van der Waals surface area contributed by atoms with E-state index in [1.54, 1.807) is 6.21 Å². The fourth-order valence-electron chi connectivity index (χ4n) is 3.58. The summed E-state index contributed by atoms with van der Waals surface area (Å²) in [6.07, 6.45) is 0.649. The first-order valence-electron chi connectivity index (χ1n) is 10.7. The number of nitrogens with one attached hydrogen (secondary N) is 1. The van der Waals surface area contributed by atoms with E-state index in [9.17, 15) is 14.7 Å². The van der Waals surface area contributed by atoms with E-state index in [1.165, 1.54) is 23.2 Å². The highest BCUT2D eigenvalue weighted by atomic mass is 16.5. The van der Waals surface area contributed by atoms with Gasteiger partial charge in [0, 0.05) is 14.1 Å². The summed E-state index contributed by atoms with van der Waals surface area (Å²) in [6.45, 7) is 1.92. The Morgan fingerprint density at radius 3 is 2.53 bits per heavy atom. The largest absolute Gasteiger partial charge is 0.491 e. The highest BCUT2D eigenvalue weighted by Gasteiger charge is 2.21. The lowest BCUT2D eigenvalue weighted by Gasteiger charge is -2.16. The van der Waals surface area contributed by atoms with Gasteiger partial charge in [0.25, 0.3) is 5.56 Å². The van der Waals surface area contributed by atoms with Gasteiger partial charge in [0.2, 0.25) is 5.95 Å². The van der Waals surface area contributed by atoms with Crippen LogP contribution in [0.4, 0.5) is 5.95 Å². The third kappa shape index (κ3) is 4.62. The predicted molar refractivity (Wildman–Crippen MR) is 131 cm³/mol. The van der Waals surface area contributed by atoms with Crippen LogP contribution in [0.5, 0.6) is 5.75 Å². The van der Waals surface area contributed by atoms with Gasteiger partial charge in [0.15, 0.2) is 11.2 Å². The minimum Gasteiger partial charge on any atom is -0.491 e. The smallest absolute Gasteiger partial charge is 0.332 e. The Bertz CT molecular complexity index is 1450. The number of hydrazone groups is 1. The Morgan fingerprint density at radius 2 is 1.79 bits per heavy atom. The number of aliphatic hydroxyl groups excluding tert-OH is 1. The number of ether oxygens (including phenoxy) is 1. The molecule has 0 fully saturated rings. The summed E-state index contributed by atoms with van der Waals surface area (Å²) in [6, 6.07) is 17.0. The van der Waals surface area contributed by atoms with Gasteiger partial charge in [0.05, 0.1) is 12.8 Å². The molecule has 0 spiro atoms. The van der Waals surface area contributed by atoms with Gasteiger partial charge in [-0.3, -0.25) is 13.9 Å². The number of aromatic nitrogens is 4. The van der Waals surface area contributed by atoms with Crippen molar-refractivity contribution >= 4 is 23.3 Å². The molecule has 2 N–H and O–H groups in total. The molecule has 2 heterocycles. The monoisotopic (exact) mass is 462 g/mol. The van der Waals surface area contributed by atoms with Gasteiger partial charge in [0.1, 0.15) is 18.5 Å². The molecule has 2 aromatic carbocycles. The van der Waals surface area contributed by atoms with E-state index >= 15 is 0 Å². The van der Waals surface area contributed by atoms with Crippen LogP contribution in [0, 0.1) is 6.92 Å². The van der Waals surface area contributed by atoms with Gasteiger partial charge >= 0.3 is 5.69 Å². The van der Waals surface area contributed by atoms with Gasteiger partial charge in [-0.1, -0.05) is 48.5 Å². The van der Waals surface area contributed by atoms with Crippen molar-refractivity contribution in [3.05, 3.63) is 86.6 Å². The van der Waals surface area contributed by atoms with Crippen LogP contribution in [-0.2, 0) is 20.6 Å². The number of rotatable bonds is 8.